The van der Waals surface area contributed by atoms with Crippen LogP contribution in [0.15, 0.2) is 24.3 Å². The minimum atomic E-state index is 0.110. The van der Waals surface area contributed by atoms with Crippen LogP contribution < -0.4 is 5.32 Å². The van der Waals surface area contributed by atoms with Gasteiger partial charge in [0.2, 0.25) is 5.91 Å². The molecule has 5 heteroatoms. The van der Waals surface area contributed by atoms with Crippen LogP contribution in [0.2, 0.25) is 5.02 Å². The molecule has 0 bridgehead atoms. The molecule has 1 amide bonds. The number of nitrogens with one attached hydrogen (secondary N) is 1. The minimum Gasteiger partial charge on any atom is -0.379 e. The third kappa shape index (κ3) is 6.13. The van der Waals surface area contributed by atoms with Crippen LogP contribution in [0.1, 0.15) is 25.8 Å². The molecule has 1 heterocycles. The second-order valence-corrected chi connectivity index (χ2v) is 6.83. The number of rotatable bonds is 7. The first kappa shape index (κ1) is 18.2. The molecular weight excluding hydrogens is 312 g/mol. The maximum atomic E-state index is 12.1. The number of hydrogen-bond acceptors (Lipinski definition) is 3. The van der Waals surface area contributed by atoms with Gasteiger partial charge < -0.3 is 10.1 Å². The Bertz CT molecular complexity index is 484. The van der Waals surface area contributed by atoms with Gasteiger partial charge in [-0.15, -0.1) is 0 Å². The second kappa shape index (κ2) is 9.26. The Balaban J connectivity index is 1.75. The van der Waals surface area contributed by atoms with Crippen LogP contribution in [0.5, 0.6) is 0 Å². The van der Waals surface area contributed by atoms with Crippen LogP contribution in [-0.4, -0.2) is 49.7 Å². The molecule has 1 aliphatic heterocycles. The Kier molecular flexibility index (Phi) is 7.34. The van der Waals surface area contributed by atoms with Crippen molar-refractivity contribution >= 4 is 17.5 Å². The van der Waals surface area contributed by atoms with Crippen LogP contribution in [0.25, 0.3) is 0 Å². The van der Waals surface area contributed by atoms with Crippen molar-refractivity contribution in [1.29, 1.82) is 0 Å². The fourth-order valence-electron chi connectivity index (χ4n) is 2.91. The summed E-state index contributed by atoms with van der Waals surface area (Å²) in [7, 11) is 0. The van der Waals surface area contributed by atoms with Gasteiger partial charge in [-0.05, 0) is 30.0 Å². The molecule has 0 saturated carbocycles. The summed E-state index contributed by atoms with van der Waals surface area (Å²) in [4.78, 5) is 14.5. The van der Waals surface area contributed by atoms with E-state index in [-0.39, 0.29) is 5.91 Å². The van der Waals surface area contributed by atoms with Crippen molar-refractivity contribution in [2.24, 2.45) is 5.92 Å². The van der Waals surface area contributed by atoms with E-state index in [1.807, 2.05) is 24.3 Å². The van der Waals surface area contributed by atoms with Gasteiger partial charge in [-0.1, -0.05) is 37.6 Å². The standard InChI is InChI=1S/C18H27ClN2O2/c1-14(2)17(21-9-11-23-12-10-21)13-20-18(22)8-5-15-3-6-16(19)7-4-15/h3-4,6-7,14,17H,5,8-13H2,1-2H3,(H,20,22). The molecule has 1 aromatic rings. The minimum absolute atomic E-state index is 0.110. The third-order valence-corrected chi connectivity index (χ3v) is 4.60. The van der Waals surface area contributed by atoms with E-state index in [4.69, 9.17) is 16.3 Å². The van der Waals surface area contributed by atoms with Gasteiger partial charge in [-0.2, -0.15) is 0 Å². The molecule has 0 aliphatic carbocycles. The highest BCUT2D eigenvalue weighted by atomic mass is 35.5. The normalized spacial score (nSPS) is 17.2. The Morgan fingerprint density at radius 1 is 1.26 bits per heavy atom. The van der Waals surface area contributed by atoms with Crippen LogP contribution in [0.4, 0.5) is 0 Å². The summed E-state index contributed by atoms with van der Waals surface area (Å²) in [5.74, 6) is 0.614. The molecule has 0 aromatic heterocycles. The maximum Gasteiger partial charge on any atom is 0.220 e. The highest BCUT2D eigenvalue weighted by Gasteiger charge is 2.24. The van der Waals surface area contributed by atoms with Crippen LogP contribution in [0.3, 0.4) is 0 Å². The van der Waals surface area contributed by atoms with E-state index in [0.29, 0.717) is 24.9 Å². The lowest BCUT2D eigenvalue weighted by atomic mass is 10.0. The molecule has 1 saturated heterocycles. The zero-order valence-electron chi connectivity index (χ0n) is 14.1. The highest BCUT2D eigenvalue weighted by Crippen LogP contribution is 2.13. The van der Waals surface area contributed by atoms with E-state index in [1.165, 1.54) is 0 Å². The molecule has 1 atom stereocenters. The first-order valence-corrected chi connectivity index (χ1v) is 8.77. The predicted molar refractivity (Wildman–Crippen MR) is 93.8 cm³/mol. The number of halogens is 1. The fraction of sp³-hybridized carbons (Fsp3) is 0.611. The summed E-state index contributed by atoms with van der Waals surface area (Å²) in [6, 6.07) is 8.04. The maximum absolute atomic E-state index is 12.1. The molecule has 128 valence electrons. The summed E-state index contributed by atoms with van der Waals surface area (Å²) in [5.41, 5.74) is 1.14. The van der Waals surface area contributed by atoms with Crippen LogP contribution >= 0.6 is 11.6 Å². The molecule has 0 spiro atoms. The highest BCUT2D eigenvalue weighted by molar-refractivity contribution is 6.30. The van der Waals surface area contributed by atoms with Crippen LogP contribution in [-0.2, 0) is 16.0 Å². The average molecular weight is 339 g/mol. The second-order valence-electron chi connectivity index (χ2n) is 6.39. The molecule has 2 rings (SSSR count). The number of benzene rings is 1. The monoisotopic (exact) mass is 338 g/mol. The Morgan fingerprint density at radius 3 is 2.52 bits per heavy atom. The third-order valence-electron chi connectivity index (χ3n) is 4.35. The van der Waals surface area contributed by atoms with Crippen molar-refractivity contribution in [2.75, 3.05) is 32.8 Å². The number of morpholine rings is 1. The first-order chi connectivity index (χ1) is 11.1. The lowest BCUT2D eigenvalue weighted by Gasteiger charge is -2.36. The molecule has 1 aliphatic rings. The van der Waals surface area contributed by atoms with Crippen LogP contribution in [0, 0.1) is 5.92 Å². The molecule has 1 N–H and O–H groups in total. The van der Waals surface area contributed by atoms with Crippen molar-refractivity contribution in [3.05, 3.63) is 34.9 Å². The van der Waals surface area contributed by atoms with E-state index < -0.39 is 0 Å². The average Bonchev–Trinajstić information content (AvgIpc) is 2.55. The summed E-state index contributed by atoms with van der Waals surface area (Å²) >= 11 is 5.87. The van der Waals surface area contributed by atoms with E-state index in [9.17, 15) is 4.79 Å². The summed E-state index contributed by atoms with van der Waals surface area (Å²) in [6.45, 7) is 8.59. The lowest BCUT2D eigenvalue weighted by Crippen LogP contribution is -2.51. The molecule has 1 fully saturated rings. The van der Waals surface area contributed by atoms with Gasteiger partial charge in [0.15, 0.2) is 0 Å². The van der Waals surface area contributed by atoms with Gasteiger partial charge in [-0.25, -0.2) is 0 Å². The molecule has 1 aromatic carbocycles. The molecule has 1 unspecified atom stereocenters. The van der Waals surface area contributed by atoms with E-state index >= 15 is 0 Å². The largest absolute Gasteiger partial charge is 0.379 e. The lowest BCUT2D eigenvalue weighted by molar-refractivity contribution is -0.121. The van der Waals surface area contributed by atoms with E-state index in [2.05, 4.69) is 24.1 Å². The predicted octanol–water partition coefficient (Wildman–Crippen LogP) is 2.75. The van der Waals surface area contributed by atoms with E-state index in [1.54, 1.807) is 0 Å². The Labute approximate surface area is 144 Å². The Morgan fingerprint density at radius 2 is 1.91 bits per heavy atom. The first-order valence-electron chi connectivity index (χ1n) is 8.39. The number of aryl methyl sites for hydroxylation is 1. The number of amides is 1. The number of carbonyl (C=O) groups is 1. The molecule has 23 heavy (non-hydrogen) atoms. The number of nitrogens with zero attached hydrogens (tertiary/aromatic N) is 1. The van der Waals surface area contributed by atoms with Gasteiger partial charge >= 0.3 is 0 Å². The molecule has 0 radical (unpaired) electrons. The smallest absolute Gasteiger partial charge is 0.220 e. The van der Waals surface area contributed by atoms with Gasteiger partial charge in [0.1, 0.15) is 0 Å². The van der Waals surface area contributed by atoms with Crippen molar-refractivity contribution < 1.29 is 9.53 Å². The zero-order chi connectivity index (χ0) is 16.7. The number of carbonyl (C=O) groups excluding carboxylic acids is 1. The molecule has 4 nitrogen and oxygen atoms in total. The number of ether oxygens (including phenoxy) is 1. The Hall–Kier alpha value is -1.10. The van der Waals surface area contributed by atoms with E-state index in [0.717, 1.165) is 43.3 Å². The molecular formula is C18H27ClN2O2. The summed E-state index contributed by atoms with van der Waals surface area (Å²) in [6.07, 6.45) is 1.25. The van der Waals surface area contributed by atoms with Crippen molar-refractivity contribution in [3.63, 3.8) is 0 Å². The van der Waals surface area contributed by atoms with Crippen molar-refractivity contribution in [1.82, 2.24) is 10.2 Å². The fourth-order valence-corrected chi connectivity index (χ4v) is 3.04. The SMILES string of the molecule is CC(C)C(CNC(=O)CCc1ccc(Cl)cc1)N1CCOCC1. The summed E-state index contributed by atoms with van der Waals surface area (Å²) in [5, 5.41) is 3.82. The summed E-state index contributed by atoms with van der Waals surface area (Å²) < 4.78 is 5.41. The van der Waals surface area contributed by atoms with Gasteiger partial charge in [0.25, 0.3) is 0 Å². The van der Waals surface area contributed by atoms with Gasteiger partial charge in [0.05, 0.1) is 13.2 Å². The van der Waals surface area contributed by atoms with Gasteiger partial charge in [-0.3, -0.25) is 9.69 Å². The van der Waals surface area contributed by atoms with Crippen molar-refractivity contribution in [3.8, 4) is 0 Å². The quantitative estimate of drug-likeness (QED) is 0.831. The zero-order valence-corrected chi connectivity index (χ0v) is 14.8. The van der Waals surface area contributed by atoms with Crippen molar-refractivity contribution in [2.45, 2.75) is 32.7 Å². The topological polar surface area (TPSA) is 41.6 Å². The number of hydrogen-bond donors (Lipinski definition) is 1. The van der Waals surface area contributed by atoms with Gasteiger partial charge in [0, 0.05) is 37.1 Å².